The second kappa shape index (κ2) is 9.87. The van der Waals surface area contributed by atoms with Crippen LogP contribution < -0.4 is 14.8 Å². The molecule has 2 rings (SSSR count). The normalized spacial score (nSPS) is 11.1. The maximum Gasteiger partial charge on any atom is 0.253 e. The largest absolute Gasteiger partial charge is 0.478 e. The van der Waals surface area contributed by atoms with Crippen molar-refractivity contribution in [1.82, 2.24) is 15.3 Å². The molecular formula is C20H27N3O4. The Balaban J connectivity index is 1.80. The van der Waals surface area contributed by atoms with E-state index in [4.69, 9.17) is 14.2 Å². The van der Waals surface area contributed by atoms with Gasteiger partial charge in [0.1, 0.15) is 6.61 Å². The summed E-state index contributed by atoms with van der Waals surface area (Å²) in [5.74, 6) is 0.794. The molecule has 0 spiro atoms. The number of rotatable bonds is 9. The molecule has 146 valence electrons. The lowest BCUT2D eigenvalue weighted by Gasteiger charge is -2.19. The minimum absolute atomic E-state index is 0.197. The number of nitrogens with zero attached hydrogens (tertiary/aromatic N) is 2. The van der Waals surface area contributed by atoms with Crippen LogP contribution in [0.1, 0.15) is 43.6 Å². The molecule has 0 saturated heterocycles. The van der Waals surface area contributed by atoms with Gasteiger partial charge in [-0.15, -0.1) is 0 Å². The molecule has 27 heavy (non-hydrogen) atoms. The second-order valence-corrected chi connectivity index (χ2v) is 6.81. The van der Waals surface area contributed by atoms with Gasteiger partial charge in [0.15, 0.2) is 0 Å². The van der Waals surface area contributed by atoms with E-state index in [9.17, 15) is 4.79 Å². The van der Waals surface area contributed by atoms with E-state index in [1.807, 2.05) is 33.8 Å². The molecule has 0 radical (unpaired) electrons. The Morgan fingerprint density at radius 3 is 2.56 bits per heavy atom. The molecule has 0 fully saturated rings. The number of hydrogen-bond donors (Lipinski definition) is 1. The molecule has 0 atom stereocenters. The van der Waals surface area contributed by atoms with Gasteiger partial charge < -0.3 is 19.5 Å². The summed E-state index contributed by atoms with van der Waals surface area (Å²) in [6.45, 7) is 9.67. The van der Waals surface area contributed by atoms with Crippen molar-refractivity contribution in [2.75, 3.05) is 19.8 Å². The van der Waals surface area contributed by atoms with Gasteiger partial charge in [-0.25, -0.2) is 9.97 Å². The lowest BCUT2D eigenvalue weighted by atomic mass is 10.2. The molecule has 2 aromatic heterocycles. The first-order chi connectivity index (χ1) is 12.9. The second-order valence-electron chi connectivity index (χ2n) is 6.81. The van der Waals surface area contributed by atoms with Crippen molar-refractivity contribution in [1.29, 1.82) is 0 Å². The third kappa shape index (κ3) is 7.62. The topological polar surface area (TPSA) is 82.6 Å². The predicted octanol–water partition coefficient (Wildman–Crippen LogP) is 3.00. The molecule has 0 saturated carbocycles. The quantitative estimate of drug-likeness (QED) is 0.681. The molecular weight excluding hydrogens is 346 g/mol. The Morgan fingerprint density at radius 2 is 1.89 bits per heavy atom. The number of hydrogen-bond acceptors (Lipinski definition) is 6. The fourth-order valence-corrected chi connectivity index (χ4v) is 2.17. The fraction of sp³-hybridized carbons (Fsp3) is 0.450. The van der Waals surface area contributed by atoms with Gasteiger partial charge in [0.05, 0.1) is 24.4 Å². The monoisotopic (exact) mass is 373 g/mol. The van der Waals surface area contributed by atoms with E-state index in [0.717, 1.165) is 5.56 Å². The van der Waals surface area contributed by atoms with Crippen molar-refractivity contribution < 1.29 is 19.0 Å². The van der Waals surface area contributed by atoms with Gasteiger partial charge in [0.25, 0.3) is 5.91 Å². The standard InChI is InChI=1S/C20H27N3O4/c1-5-25-18-12-15(8-9-21-18)13-23-19(24)16-6-7-17(22-14-16)26-10-11-27-20(2,3)4/h6-9,12,14H,5,10-11,13H2,1-4H3,(H,23,24). The molecule has 0 aliphatic rings. The molecule has 2 aromatic rings. The summed E-state index contributed by atoms with van der Waals surface area (Å²) >= 11 is 0. The van der Waals surface area contributed by atoms with E-state index in [1.54, 1.807) is 24.4 Å². The first kappa shape index (κ1) is 20.6. The zero-order chi connectivity index (χ0) is 19.7. The summed E-state index contributed by atoms with van der Waals surface area (Å²) in [5, 5.41) is 2.85. The van der Waals surface area contributed by atoms with Crippen LogP contribution in [0.3, 0.4) is 0 Å². The maximum absolute atomic E-state index is 12.3. The average molecular weight is 373 g/mol. The number of nitrogens with one attached hydrogen (secondary N) is 1. The van der Waals surface area contributed by atoms with Crippen molar-refractivity contribution in [2.45, 2.75) is 39.8 Å². The Labute approximate surface area is 160 Å². The number of carbonyl (C=O) groups excluding carboxylic acids is 1. The summed E-state index contributed by atoms with van der Waals surface area (Å²) in [5.41, 5.74) is 1.18. The lowest BCUT2D eigenvalue weighted by molar-refractivity contribution is -0.0168. The Kier molecular flexibility index (Phi) is 7.55. The molecule has 7 heteroatoms. The van der Waals surface area contributed by atoms with E-state index in [0.29, 0.717) is 43.7 Å². The van der Waals surface area contributed by atoms with E-state index >= 15 is 0 Å². The lowest BCUT2D eigenvalue weighted by Crippen LogP contribution is -2.23. The first-order valence-corrected chi connectivity index (χ1v) is 8.96. The number of carbonyl (C=O) groups is 1. The van der Waals surface area contributed by atoms with Crippen molar-refractivity contribution in [3.05, 3.63) is 47.8 Å². The van der Waals surface area contributed by atoms with E-state index < -0.39 is 0 Å². The van der Waals surface area contributed by atoms with E-state index in [2.05, 4.69) is 15.3 Å². The number of aromatic nitrogens is 2. The smallest absolute Gasteiger partial charge is 0.253 e. The minimum atomic E-state index is -0.208. The summed E-state index contributed by atoms with van der Waals surface area (Å²) in [6.07, 6.45) is 3.15. The van der Waals surface area contributed by atoms with Crippen molar-refractivity contribution in [2.24, 2.45) is 0 Å². The molecule has 1 amide bonds. The van der Waals surface area contributed by atoms with Gasteiger partial charge >= 0.3 is 0 Å². The Bertz CT molecular complexity index is 727. The number of amides is 1. The molecule has 0 unspecified atom stereocenters. The molecule has 2 heterocycles. The summed E-state index contributed by atoms with van der Waals surface area (Å²) in [7, 11) is 0. The fourth-order valence-electron chi connectivity index (χ4n) is 2.17. The molecule has 0 aliphatic heterocycles. The molecule has 1 N–H and O–H groups in total. The highest BCUT2D eigenvalue weighted by molar-refractivity contribution is 5.93. The van der Waals surface area contributed by atoms with Crippen LogP contribution in [-0.2, 0) is 11.3 Å². The van der Waals surface area contributed by atoms with Gasteiger partial charge in [-0.3, -0.25) is 4.79 Å². The minimum Gasteiger partial charge on any atom is -0.478 e. The Hall–Kier alpha value is -2.67. The van der Waals surface area contributed by atoms with Crippen LogP contribution in [0.4, 0.5) is 0 Å². The molecule has 0 aromatic carbocycles. The SMILES string of the molecule is CCOc1cc(CNC(=O)c2ccc(OCCOC(C)(C)C)nc2)ccn1. The maximum atomic E-state index is 12.3. The van der Waals surface area contributed by atoms with Gasteiger partial charge in [-0.2, -0.15) is 0 Å². The molecule has 0 bridgehead atoms. The zero-order valence-electron chi connectivity index (χ0n) is 16.3. The van der Waals surface area contributed by atoms with E-state index in [-0.39, 0.29) is 11.5 Å². The highest BCUT2D eigenvalue weighted by atomic mass is 16.5. The van der Waals surface area contributed by atoms with Crippen LogP contribution in [-0.4, -0.2) is 41.3 Å². The van der Waals surface area contributed by atoms with Crippen LogP contribution in [0, 0.1) is 0 Å². The van der Waals surface area contributed by atoms with Crippen LogP contribution in [0.2, 0.25) is 0 Å². The van der Waals surface area contributed by atoms with Crippen LogP contribution in [0.25, 0.3) is 0 Å². The van der Waals surface area contributed by atoms with Crippen LogP contribution >= 0.6 is 0 Å². The van der Waals surface area contributed by atoms with Crippen LogP contribution in [0.5, 0.6) is 11.8 Å². The summed E-state index contributed by atoms with van der Waals surface area (Å²) < 4.78 is 16.4. The summed E-state index contributed by atoms with van der Waals surface area (Å²) in [4.78, 5) is 20.5. The molecule has 7 nitrogen and oxygen atoms in total. The van der Waals surface area contributed by atoms with Crippen molar-refractivity contribution in [3.8, 4) is 11.8 Å². The third-order valence-corrected chi connectivity index (χ3v) is 3.41. The third-order valence-electron chi connectivity index (χ3n) is 3.41. The predicted molar refractivity (Wildman–Crippen MR) is 102 cm³/mol. The zero-order valence-corrected chi connectivity index (χ0v) is 16.3. The van der Waals surface area contributed by atoms with Gasteiger partial charge in [0.2, 0.25) is 11.8 Å². The van der Waals surface area contributed by atoms with Crippen LogP contribution in [0.15, 0.2) is 36.7 Å². The number of ether oxygens (including phenoxy) is 3. The van der Waals surface area contributed by atoms with Crippen molar-refractivity contribution in [3.63, 3.8) is 0 Å². The highest BCUT2D eigenvalue weighted by Gasteiger charge is 2.10. The highest BCUT2D eigenvalue weighted by Crippen LogP contribution is 2.11. The molecule has 0 aliphatic carbocycles. The first-order valence-electron chi connectivity index (χ1n) is 8.96. The van der Waals surface area contributed by atoms with Crippen molar-refractivity contribution >= 4 is 5.91 Å². The van der Waals surface area contributed by atoms with Gasteiger partial charge in [0, 0.05) is 31.1 Å². The average Bonchev–Trinajstić information content (AvgIpc) is 2.64. The Morgan fingerprint density at radius 1 is 1.07 bits per heavy atom. The number of pyridine rings is 2. The van der Waals surface area contributed by atoms with Gasteiger partial charge in [-0.05, 0) is 45.4 Å². The summed E-state index contributed by atoms with van der Waals surface area (Å²) in [6, 6.07) is 6.99. The van der Waals surface area contributed by atoms with E-state index in [1.165, 1.54) is 6.20 Å². The van der Waals surface area contributed by atoms with Gasteiger partial charge in [-0.1, -0.05) is 0 Å².